The van der Waals surface area contributed by atoms with Crippen LogP contribution in [-0.4, -0.2) is 60.4 Å². The molecule has 1 amide bonds. The Morgan fingerprint density at radius 2 is 2.29 bits per heavy atom. The summed E-state index contributed by atoms with van der Waals surface area (Å²) in [6, 6.07) is 3.37. The number of carbonyl (C=O) groups is 1. The minimum Gasteiger partial charge on any atom is -0.373 e. The van der Waals surface area contributed by atoms with Crippen molar-refractivity contribution >= 4 is 33.3 Å². The molecule has 2 rings (SSSR count). The summed E-state index contributed by atoms with van der Waals surface area (Å²) in [6.07, 6.45) is 1.48. The molecule has 0 radical (unpaired) electrons. The molecular weight excluding hydrogens is 310 g/mol. The zero-order chi connectivity index (χ0) is 15.5. The number of aromatic nitrogens is 1. The molecule has 1 fully saturated rings. The number of hydrogen-bond acceptors (Lipinski definition) is 6. The molecule has 1 unspecified atom stereocenters. The van der Waals surface area contributed by atoms with Crippen molar-refractivity contribution in [2.24, 2.45) is 0 Å². The minimum atomic E-state index is -3.28. The first kappa shape index (κ1) is 16.1. The van der Waals surface area contributed by atoms with Gasteiger partial charge in [-0.15, -0.1) is 0 Å². The molecule has 1 saturated heterocycles. The van der Waals surface area contributed by atoms with Crippen molar-refractivity contribution in [3.05, 3.63) is 23.9 Å². The van der Waals surface area contributed by atoms with Crippen LogP contribution in [0.5, 0.6) is 0 Å². The molecule has 2 heterocycles. The summed E-state index contributed by atoms with van der Waals surface area (Å²) < 4.78 is 24.3. The molecule has 1 aliphatic rings. The normalized spacial score (nSPS) is 19.3. The molecule has 0 bridgehead atoms. The number of pyridine rings is 1. The van der Waals surface area contributed by atoms with E-state index in [1.54, 1.807) is 37.9 Å². The lowest BCUT2D eigenvalue weighted by Gasteiger charge is -2.34. The van der Waals surface area contributed by atoms with Gasteiger partial charge < -0.3 is 10.2 Å². The maximum Gasteiger partial charge on any atom is 0.256 e. The van der Waals surface area contributed by atoms with Crippen LogP contribution in [0.1, 0.15) is 17.3 Å². The van der Waals surface area contributed by atoms with Gasteiger partial charge in [-0.25, -0.2) is 13.4 Å². The van der Waals surface area contributed by atoms with Gasteiger partial charge in [0.2, 0.25) is 0 Å². The standard InChI is InChI=1S/C13H19N3O3S2/c1-3-21(18,19)12-9-20-7-6-16(12)13(17)10-4-5-11(14-2)15-8-10/h4-5,8,12H,3,6-7,9H2,1-2H3,(H,14,15). The van der Waals surface area contributed by atoms with E-state index in [0.717, 1.165) is 5.75 Å². The second-order valence-corrected chi connectivity index (χ2v) is 8.26. The third-order valence-corrected chi connectivity index (χ3v) is 6.72. The first-order chi connectivity index (χ1) is 9.99. The average Bonchev–Trinajstić information content (AvgIpc) is 2.54. The van der Waals surface area contributed by atoms with E-state index in [1.165, 1.54) is 11.1 Å². The fourth-order valence-electron chi connectivity index (χ4n) is 2.14. The van der Waals surface area contributed by atoms with Gasteiger partial charge in [0.15, 0.2) is 9.84 Å². The number of sulfone groups is 1. The molecule has 1 aliphatic heterocycles. The average molecular weight is 329 g/mol. The van der Waals surface area contributed by atoms with E-state index in [-0.39, 0.29) is 11.7 Å². The van der Waals surface area contributed by atoms with Crippen LogP contribution in [0.15, 0.2) is 18.3 Å². The first-order valence-corrected chi connectivity index (χ1v) is 9.60. The number of nitrogens with one attached hydrogen (secondary N) is 1. The summed E-state index contributed by atoms with van der Waals surface area (Å²) in [5.74, 6) is 1.62. The minimum absolute atomic E-state index is 0.0406. The van der Waals surface area contributed by atoms with E-state index >= 15 is 0 Å². The zero-order valence-electron chi connectivity index (χ0n) is 12.1. The monoisotopic (exact) mass is 329 g/mol. The second-order valence-electron chi connectivity index (χ2n) is 4.66. The second kappa shape index (κ2) is 6.65. The van der Waals surface area contributed by atoms with Gasteiger partial charge in [-0.05, 0) is 12.1 Å². The van der Waals surface area contributed by atoms with Gasteiger partial charge in [-0.1, -0.05) is 6.92 Å². The van der Waals surface area contributed by atoms with E-state index in [0.29, 0.717) is 23.7 Å². The van der Waals surface area contributed by atoms with Gasteiger partial charge in [-0.3, -0.25) is 4.79 Å². The number of anilines is 1. The summed E-state index contributed by atoms with van der Waals surface area (Å²) in [5.41, 5.74) is 0.414. The van der Waals surface area contributed by atoms with Crippen LogP contribution in [0.25, 0.3) is 0 Å². The van der Waals surface area contributed by atoms with Gasteiger partial charge in [0.1, 0.15) is 11.2 Å². The van der Waals surface area contributed by atoms with Crippen LogP contribution in [-0.2, 0) is 9.84 Å². The highest BCUT2D eigenvalue weighted by Gasteiger charge is 2.36. The molecule has 8 heteroatoms. The van der Waals surface area contributed by atoms with Crippen LogP contribution in [0.3, 0.4) is 0 Å². The molecule has 0 aliphatic carbocycles. The number of rotatable bonds is 4. The Labute approximate surface area is 129 Å². The summed E-state index contributed by atoms with van der Waals surface area (Å²) in [7, 11) is -1.54. The molecule has 21 heavy (non-hydrogen) atoms. The van der Waals surface area contributed by atoms with E-state index in [4.69, 9.17) is 0 Å². The number of nitrogens with zero attached hydrogens (tertiary/aromatic N) is 2. The van der Waals surface area contributed by atoms with Crippen molar-refractivity contribution in [1.29, 1.82) is 0 Å². The summed E-state index contributed by atoms with van der Waals surface area (Å²) in [6.45, 7) is 2.06. The van der Waals surface area contributed by atoms with Gasteiger partial charge in [-0.2, -0.15) is 11.8 Å². The van der Waals surface area contributed by atoms with E-state index in [1.807, 2.05) is 0 Å². The van der Waals surface area contributed by atoms with Crippen LogP contribution in [0.2, 0.25) is 0 Å². The van der Waals surface area contributed by atoms with E-state index in [2.05, 4.69) is 10.3 Å². The molecule has 1 N–H and O–H groups in total. The molecular formula is C13H19N3O3S2. The van der Waals surface area contributed by atoms with Crippen LogP contribution < -0.4 is 5.32 Å². The van der Waals surface area contributed by atoms with E-state index in [9.17, 15) is 13.2 Å². The Bertz CT molecular complexity index is 602. The number of thioether (sulfide) groups is 1. The highest BCUT2D eigenvalue weighted by Crippen LogP contribution is 2.23. The summed E-state index contributed by atoms with van der Waals surface area (Å²) in [4.78, 5) is 18.1. The Morgan fingerprint density at radius 3 is 2.86 bits per heavy atom. The smallest absolute Gasteiger partial charge is 0.256 e. The Balaban J connectivity index is 2.26. The lowest BCUT2D eigenvalue weighted by Crippen LogP contribution is -2.50. The quantitative estimate of drug-likeness (QED) is 0.890. The van der Waals surface area contributed by atoms with Crippen LogP contribution in [0, 0.1) is 0 Å². The molecule has 1 atom stereocenters. The van der Waals surface area contributed by atoms with Crippen molar-refractivity contribution in [3.63, 3.8) is 0 Å². The number of amides is 1. The van der Waals surface area contributed by atoms with Crippen LogP contribution in [0.4, 0.5) is 5.82 Å². The topological polar surface area (TPSA) is 79.4 Å². The third kappa shape index (κ3) is 3.49. The molecule has 6 nitrogen and oxygen atoms in total. The van der Waals surface area contributed by atoms with Gasteiger partial charge in [0.25, 0.3) is 5.91 Å². The van der Waals surface area contributed by atoms with Crippen molar-refractivity contribution in [2.75, 3.05) is 36.2 Å². The number of carbonyl (C=O) groups excluding carboxylic acids is 1. The van der Waals surface area contributed by atoms with Crippen molar-refractivity contribution in [1.82, 2.24) is 9.88 Å². The van der Waals surface area contributed by atoms with Gasteiger partial charge in [0.05, 0.1) is 5.56 Å². The SMILES string of the molecule is CCS(=O)(=O)C1CSCCN1C(=O)c1ccc(NC)nc1. The van der Waals surface area contributed by atoms with Crippen molar-refractivity contribution in [2.45, 2.75) is 12.3 Å². The fraction of sp³-hybridized carbons (Fsp3) is 0.538. The Morgan fingerprint density at radius 1 is 1.52 bits per heavy atom. The van der Waals surface area contributed by atoms with Crippen molar-refractivity contribution < 1.29 is 13.2 Å². The highest BCUT2D eigenvalue weighted by atomic mass is 32.2. The van der Waals surface area contributed by atoms with Gasteiger partial charge in [0, 0.05) is 37.0 Å². The lowest BCUT2D eigenvalue weighted by molar-refractivity contribution is 0.0749. The molecule has 0 saturated carbocycles. The molecule has 116 valence electrons. The lowest BCUT2D eigenvalue weighted by atomic mass is 10.2. The predicted octanol–water partition coefficient (Wildman–Crippen LogP) is 1.07. The maximum atomic E-state index is 12.6. The molecule has 0 spiro atoms. The Hall–Kier alpha value is -1.28. The first-order valence-electron chi connectivity index (χ1n) is 6.73. The molecule has 0 aromatic carbocycles. The molecule has 1 aromatic heterocycles. The fourth-order valence-corrected chi connectivity index (χ4v) is 5.10. The van der Waals surface area contributed by atoms with E-state index < -0.39 is 15.2 Å². The maximum absolute atomic E-state index is 12.6. The summed E-state index contributed by atoms with van der Waals surface area (Å²) >= 11 is 1.57. The number of hydrogen-bond donors (Lipinski definition) is 1. The largest absolute Gasteiger partial charge is 0.373 e. The predicted molar refractivity (Wildman–Crippen MR) is 85.4 cm³/mol. The summed E-state index contributed by atoms with van der Waals surface area (Å²) in [5, 5.41) is 2.14. The third-order valence-electron chi connectivity index (χ3n) is 3.43. The zero-order valence-corrected chi connectivity index (χ0v) is 13.7. The Kier molecular flexibility index (Phi) is 5.10. The highest BCUT2D eigenvalue weighted by molar-refractivity contribution is 8.01. The van der Waals surface area contributed by atoms with Crippen molar-refractivity contribution in [3.8, 4) is 0 Å². The van der Waals surface area contributed by atoms with Crippen LogP contribution >= 0.6 is 11.8 Å². The molecule has 1 aromatic rings. The van der Waals surface area contributed by atoms with Gasteiger partial charge >= 0.3 is 0 Å².